The normalized spacial score (nSPS) is 9.76. The van der Waals surface area contributed by atoms with Gasteiger partial charge in [0.05, 0.1) is 13.7 Å². The fourth-order valence-corrected chi connectivity index (χ4v) is 1.46. The third-order valence-corrected chi connectivity index (χ3v) is 2.35. The van der Waals surface area contributed by atoms with Gasteiger partial charge in [0.1, 0.15) is 5.75 Å². The van der Waals surface area contributed by atoms with E-state index in [9.17, 15) is 4.79 Å². The number of carbonyl (C=O) groups excluding carboxylic acids is 1. The van der Waals surface area contributed by atoms with E-state index in [4.69, 9.17) is 9.47 Å². The molecule has 0 saturated heterocycles. The molecule has 0 spiro atoms. The van der Waals surface area contributed by atoms with Gasteiger partial charge in [-0.3, -0.25) is 0 Å². The standard InChI is InChI=1S/C13H19NO3/c1-3-17-13(15)14-10-4-5-11-6-8-12(16-2)9-7-11/h6-9H,3-5,10H2,1-2H3,(H,14,15). The van der Waals surface area contributed by atoms with E-state index < -0.39 is 0 Å². The van der Waals surface area contributed by atoms with Crippen LogP contribution in [0.2, 0.25) is 0 Å². The molecule has 4 nitrogen and oxygen atoms in total. The number of rotatable bonds is 6. The SMILES string of the molecule is CCOC(=O)NCCCc1ccc(OC)cc1. The highest BCUT2D eigenvalue weighted by Crippen LogP contribution is 2.12. The molecule has 17 heavy (non-hydrogen) atoms. The van der Waals surface area contributed by atoms with Gasteiger partial charge in [-0.25, -0.2) is 4.79 Å². The topological polar surface area (TPSA) is 47.6 Å². The van der Waals surface area contributed by atoms with Crippen LogP contribution >= 0.6 is 0 Å². The Morgan fingerprint density at radius 2 is 2.00 bits per heavy atom. The highest BCUT2D eigenvalue weighted by Gasteiger charge is 1.99. The van der Waals surface area contributed by atoms with Gasteiger partial charge in [-0.1, -0.05) is 12.1 Å². The van der Waals surface area contributed by atoms with E-state index in [0.29, 0.717) is 13.2 Å². The largest absolute Gasteiger partial charge is 0.497 e. The molecular weight excluding hydrogens is 218 g/mol. The number of alkyl carbamates (subject to hydrolysis) is 1. The number of hydrogen-bond acceptors (Lipinski definition) is 3. The number of hydrogen-bond donors (Lipinski definition) is 1. The second kappa shape index (κ2) is 7.54. The van der Waals surface area contributed by atoms with E-state index in [1.807, 2.05) is 24.3 Å². The Balaban J connectivity index is 2.19. The summed E-state index contributed by atoms with van der Waals surface area (Å²) in [6.45, 7) is 2.83. The van der Waals surface area contributed by atoms with Crippen LogP contribution in [0.1, 0.15) is 18.9 Å². The van der Waals surface area contributed by atoms with Crippen molar-refractivity contribution in [2.24, 2.45) is 0 Å². The van der Waals surface area contributed by atoms with Crippen LogP contribution < -0.4 is 10.1 Å². The lowest BCUT2D eigenvalue weighted by Gasteiger charge is -2.05. The van der Waals surface area contributed by atoms with Crippen molar-refractivity contribution < 1.29 is 14.3 Å². The Hall–Kier alpha value is -1.71. The average molecular weight is 237 g/mol. The molecule has 0 atom stereocenters. The van der Waals surface area contributed by atoms with Crippen LogP contribution in [0.3, 0.4) is 0 Å². The Morgan fingerprint density at radius 1 is 1.29 bits per heavy atom. The third kappa shape index (κ3) is 5.24. The Labute approximate surface area is 102 Å². The van der Waals surface area contributed by atoms with Crippen LogP contribution in [0.4, 0.5) is 4.79 Å². The molecule has 1 aromatic carbocycles. The van der Waals surface area contributed by atoms with Gasteiger partial charge in [-0.05, 0) is 37.5 Å². The fraction of sp³-hybridized carbons (Fsp3) is 0.462. The number of ether oxygens (including phenoxy) is 2. The lowest BCUT2D eigenvalue weighted by atomic mass is 10.1. The summed E-state index contributed by atoms with van der Waals surface area (Å²) in [4.78, 5) is 11.0. The molecule has 0 aromatic heterocycles. The number of carbonyl (C=O) groups is 1. The van der Waals surface area contributed by atoms with Crippen LogP contribution in [-0.4, -0.2) is 26.4 Å². The monoisotopic (exact) mass is 237 g/mol. The molecule has 0 radical (unpaired) electrons. The van der Waals surface area contributed by atoms with Crippen molar-refractivity contribution in [1.29, 1.82) is 0 Å². The number of benzene rings is 1. The van der Waals surface area contributed by atoms with Crippen LogP contribution in [0, 0.1) is 0 Å². The van der Waals surface area contributed by atoms with Gasteiger partial charge in [-0.15, -0.1) is 0 Å². The molecule has 0 heterocycles. The van der Waals surface area contributed by atoms with Crippen LogP contribution in [0.25, 0.3) is 0 Å². The maximum absolute atomic E-state index is 11.0. The summed E-state index contributed by atoms with van der Waals surface area (Å²) in [6, 6.07) is 7.94. The van der Waals surface area contributed by atoms with Crippen molar-refractivity contribution in [3.8, 4) is 5.75 Å². The minimum absolute atomic E-state index is 0.345. The van der Waals surface area contributed by atoms with E-state index in [2.05, 4.69) is 5.32 Å². The maximum Gasteiger partial charge on any atom is 0.407 e. The molecule has 0 fully saturated rings. The quantitative estimate of drug-likeness (QED) is 0.773. The van der Waals surface area contributed by atoms with E-state index in [1.54, 1.807) is 14.0 Å². The summed E-state index contributed by atoms with van der Waals surface area (Å²) in [5, 5.41) is 2.69. The molecule has 4 heteroatoms. The Kier molecular flexibility index (Phi) is 5.93. The van der Waals surface area contributed by atoms with Crippen molar-refractivity contribution in [2.75, 3.05) is 20.3 Å². The number of aryl methyl sites for hydroxylation is 1. The number of methoxy groups -OCH3 is 1. The maximum atomic E-state index is 11.0. The summed E-state index contributed by atoms with van der Waals surface area (Å²) in [5.41, 5.74) is 1.23. The van der Waals surface area contributed by atoms with Crippen LogP contribution in [0.15, 0.2) is 24.3 Å². The minimum Gasteiger partial charge on any atom is -0.497 e. The van der Waals surface area contributed by atoms with Crippen molar-refractivity contribution in [1.82, 2.24) is 5.32 Å². The lowest BCUT2D eigenvalue weighted by Crippen LogP contribution is -2.25. The number of amides is 1. The van der Waals surface area contributed by atoms with Gasteiger partial charge >= 0.3 is 6.09 Å². The van der Waals surface area contributed by atoms with E-state index >= 15 is 0 Å². The second-order valence-corrected chi connectivity index (χ2v) is 3.60. The molecule has 1 amide bonds. The first-order valence-electron chi connectivity index (χ1n) is 5.79. The predicted molar refractivity (Wildman–Crippen MR) is 66.3 cm³/mol. The molecule has 0 aliphatic heterocycles. The summed E-state index contributed by atoms with van der Waals surface area (Å²) in [6.07, 6.45) is 1.48. The van der Waals surface area contributed by atoms with Crippen molar-refractivity contribution in [3.05, 3.63) is 29.8 Å². The van der Waals surface area contributed by atoms with Gasteiger partial charge in [0.2, 0.25) is 0 Å². The summed E-state index contributed by atoms with van der Waals surface area (Å²) >= 11 is 0. The first-order valence-corrected chi connectivity index (χ1v) is 5.79. The molecular formula is C13H19NO3. The van der Waals surface area contributed by atoms with Crippen LogP contribution in [0.5, 0.6) is 5.75 Å². The summed E-state index contributed by atoms with van der Waals surface area (Å²) in [5.74, 6) is 0.860. The van der Waals surface area contributed by atoms with Crippen LogP contribution in [-0.2, 0) is 11.2 Å². The van der Waals surface area contributed by atoms with Gasteiger partial charge < -0.3 is 14.8 Å². The molecule has 94 valence electrons. The number of nitrogens with one attached hydrogen (secondary N) is 1. The van der Waals surface area contributed by atoms with Gasteiger partial charge in [-0.2, -0.15) is 0 Å². The average Bonchev–Trinajstić information content (AvgIpc) is 2.36. The second-order valence-electron chi connectivity index (χ2n) is 3.60. The van der Waals surface area contributed by atoms with E-state index in [1.165, 1.54) is 5.56 Å². The van der Waals surface area contributed by atoms with Crippen molar-refractivity contribution >= 4 is 6.09 Å². The smallest absolute Gasteiger partial charge is 0.407 e. The molecule has 1 aromatic rings. The van der Waals surface area contributed by atoms with Gasteiger partial charge in [0, 0.05) is 6.54 Å². The first kappa shape index (κ1) is 13.4. The fourth-order valence-electron chi connectivity index (χ4n) is 1.46. The van der Waals surface area contributed by atoms with Crippen molar-refractivity contribution in [3.63, 3.8) is 0 Å². The lowest BCUT2D eigenvalue weighted by molar-refractivity contribution is 0.152. The predicted octanol–water partition coefficient (Wildman–Crippen LogP) is 2.37. The van der Waals surface area contributed by atoms with Crippen molar-refractivity contribution in [2.45, 2.75) is 19.8 Å². The molecule has 0 bridgehead atoms. The van der Waals surface area contributed by atoms with E-state index in [-0.39, 0.29) is 6.09 Å². The highest BCUT2D eigenvalue weighted by molar-refractivity contribution is 5.66. The molecule has 1 N–H and O–H groups in total. The molecule has 1 rings (SSSR count). The summed E-state index contributed by atoms with van der Waals surface area (Å²) < 4.78 is 9.84. The molecule has 0 aliphatic carbocycles. The van der Waals surface area contributed by atoms with E-state index in [0.717, 1.165) is 18.6 Å². The molecule has 0 unspecified atom stereocenters. The molecule has 0 aliphatic rings. The highest BCUT2D eigenvalue weighted by atomic mass is 16.5. The zero-order valence-electron chi connectivity index (χ0n) is 10.4. The zero-order valence-corrected chi connectivity index (χ0v) is 10.4. The third-order valence-electron chi connectivity index (χ3n) is 2.35. The minimum atomic E-state index is -0.345. The zero-order chi connectivity index (χ0) is 12.5. The summed E-state index contributed by atoms with van der Waals surface area (Å²) in [7, 11) is 1.65. The Bertz CT molecular complexity index is 335. The van der Waals surface area contributed by atoms with Gasteiger partial charge in [0.25, 0.3) is 0 Å². The first-order chi connectivity index (χ1) is 8.26. The Morgan fingerprint density at radius 3 is 2.59 bits per heavy atom. The van der Waals surface area contributed by atoms with Gasteiger partial charge in [0.15, 0.2) is 0 Å². The molecule has 0 saturated carbocycles.